The molecule has 0 saturated heterocycles. The van der Waals surface area contributed by atoms with Gasteiger partial charge in [0.15, 0.2) is 17.5 Å². The fourth-order valence-corrected chi connectivity index (χ4v) is 11.8. The lowest BCUT2D eigenvalue weighted by atomic mass is 9.91. The third-order valence-electron chi connectivity index (χ3n) is 14.1. The van der Waals surface area contributed by atoms with Gasteiger partial charge in [-0.15, -0.1) is 11.3 Å². The third kappa shape index (κ3) is 7.15. The summed E-state index contributed by atoms with van der Waals surface area (Å²) >= 11 is 1.86. The molecule has 71 heavy (non-hydrogen) atoms. The molecule has 3 nitrogen and oxygen atoms in total. The summed E-state index contributed by atoms with van der Waals surface area (Å²) in [5.41, 5.74) is 12.5. The van der Waals surface area contributed by atoms with E-state index in [1.807, 2.05) is 72.0 Å². The highest BCUT2D eigenvalue weighted by atomic mass is 32.1. The molecule has 2 heterocycles. The summed E-state index contributed by atoms with van der Waals surface area (Å²) < 4.78 is 2.54. The van der Waals surface area contributed by atoms with Crippen LogP contribution in [0.4, 0.5) is 0 Å². The monoisotopic (exact) mass is 919 g/mol. The minimum Gasteiger partial charge on any atom is -0.208 e. The number of nitrogens with zero attached hydrogens (tertiary/aromatic N) is 3. The van der Waals surface area contributed by atoms with Gasteiger partial charge in [0.05, 0.1) is 0 Å². The van der Waals surface area contributed by atoms with Crippen LogP contribution in [-0.2, 0) is 0 Å². The van der Waals surface area contributed by atoms with Gasteiger partial charge in [0.2, 0.25) is 0 Å². The molecule has 0 N–H and O–H groups in total. The van der Waals surface area contributed by atoms with Crippen LogP contribution in [0.1, 0.15) is 0 Å². The summed E-state index contributed by atoms with van der Waals surface area (Å²) in [4.78, 5) is 15.1. The van der Waals surface area contributed by atoms with E-state index in [4.69, 9.17) is 15.0 Å². The quantitative estimate of drug-likeness (QED) is 0.150. The second kappa shape index (κ2) is 16.8. The van der Waals surface area contributed by atoms with Crippen LogP contribution in [0.25, 0.3) is 142 Å². The van der Waals surface area contributed by atoms with Crippen LogP contribution in [0.2, 0.25) is 0 Å². The van der Waals surface area contributed by atoms with E-state index in [1.165, 1.54) is 97.0 Å². The molecule has 14 rings (SSSR count). The lowest BCUT2D eigenvalue weighted by molar-refractivity contribution is 1.08. The highest BCUT2D eigenvalue weighted by molar-refractivity contribution is 7.25. The van der Waals surface area contributed by atoms with Crippen molar-refractivity contribution in [3.05, 3.63) is 249 Å². The summed E-state index contributed by atoms with van der Waals surface area (Å²) in [7, 11) is 0. The Hall–Kier alpha value is -9.09. The first-order chi connectivity index (χ1) is 35.2. The smallest absolute Gasteiger partial charge is 0.164 e. The predicted octanol–water partition coefficient (Wildman–Crippen LogP) is 18.5. The largest absolute Gasteiger partial charge is 0.208 e. The molecule has 0 amide bonds. The number of fused-ring (bicyclic) bond motifs is 10. The second-order valence-corrected chi connectivity index (χ2v) is 19.4. The normalized spacial score (nSPS) is 11.7. The summed E-state index contributed by atoms with van der Waals surface area (Å²) in [5.74, 6) is 1.96. The number of hydrogen-bond acceptors (Lipinski definition) is 4. The molecule has 330 valence electrons. The Balaban J connectivity index is 0.794. The SMILES string of the molecule is c1ccc(-c2nc(-c3ccccc3)nc(-c3cccc4c(-c5ccc6c(c5)sc5cc(-c7cccc(-c8cccc(-c9ccc%10c%11ccccc%11c%11ccccc%11c%10c9)c8)c7)ccc56)cccc34)n2)cc1. The van der Waals surface area contributed by atoms with E-state index in [1.54, 1.807) is 0 Å². The topological polar surface area (TPSA) is 38.7 Å². The molecule has 4 heteroatoms. The fourth-order valence-electron chi connectivity index (χ4n) is 10.7. The predicted molar refractivity (Wildman–Crippen MR) is 301 cm³/mol. The Kier molecular flexibility index (Phi) is 9.71. The molecule has 0 radical (unpaired) electrons. The zero-order chi connectivity index (χ0) is 46.8. The molecule has 0 saturated carbocycles. The summed E-state index contributed by atoms with van der Waals surface area (Å²) in [5, 5.41) is 12.5. The molecule has 0 aliphatic rings. The van der Waals surface area contributed by atoms with E-state index in [9.17, 15) is 0 Å². The van der Waals surface area contributed by atoms with Crippen molar-refractivity contribution in [1.82, 2.24) is 15.0 Å². The van der Waals surface area contributed by atoms with Crippen LogP contribution in [0.15, 0.2) is 249 Å². The van der Waals surface area contributed by atoms with Gasteiger partial charge >= 0.3 is 0 Å². The van der Waals surface area contributed by atoms with Gasteiger partial charge in [-0.1, -0.05) is 218 Å². The lowest BCUT2D eigenvalue weighted by Crippen LogP contribution is -2.00. The van der Waals surface area contributed by atoms with Gasteiger partial charge in [0.1, 0.15) is 0 Å². The van der Waals surface area contributed by atoms with Crippen LogP contribution in [0.5, 0.6) is 0 Å². The average Bonchev–Trinajstić information content (AvgIpc) is 3.82. The molecular weight excluding hydrogens is 879 g/mol. The molecule has 0 unspecified atom stereocenters. The van der Waals surface area contributed by atoms with Gasteiger partial charge < -0.3 is 0 Å². The van der Waals surface area contributed by atoms with Crippen molar-refractivity contribution in [3.63, 3.8) is 0 Å². The lowest BCUT2D eigenvalue weighted by Gasteiger charge is -2.13. The van der Waals surface area contributed by atoms with E-state index in [2.05, 4.69) is 188 Å². The maximum absolute atomic E-state index is 5.08. The van der Waals surface area contributed by atoms with Crippen molar-refractivity contribution in [1.29, 1.82) is 0 Å². The second-order valence-electron chi connectivity index (χ2n) is 18.3. The standard InChI is InChI=1S/C67H41N3S/c1-3-15-42(16-4-1)65-68-66(43-17-5-2-6-18-43)70-67(69-65)61-30-14-28-52-51(27-13-29-56(52)61)50-33-36-60-59-35-32-49(40-63(59)71-64(60)41-50)47-22-12-20-45(38-47)44-19-11-21-46(37-44)48-31-34-58-55-25-8-7-23-53(55)54-24-9-10-26-57(54)62(58)39-48/h1-41H. The van der Waals surface area contributed by atoms with E-state index in [-0.39, 0.29) is 0 Å². The van der Waals surface area contributed by atoms with Gasteiger partial charge in [-0.05, 0) is 118 Å². The number of thiophene rings is 1. The zero-order valence-electron chi connectivity index (χ0n) is 38.4. The van der Waals surface area contributed by atoms with Gasteiger partial charge in [-0.25, -0.2) is 15.0 Å². The van der Waals surface area contributed by atoms with Gasteiger partial charge in [0, 0.05) is 36.9 Å². The number of rotatable bonds is 7. The van der Waals surface area contributed by atoms with Crippen LogP contribution in [0.3, 0.4) is 0 Å². The Morgan fingerprint density at radius 1 is 0.197 bits per heavy atom. The first kappa shape index (κ1) is 40.9. The van der Waals surface area contributed by atoms with Crippen LogP contribution in [-0.4, -0.2) is 15.0 Å². The molecule has 0 aliphatic carbocycles. The number of benzene rings is 12. The first-order valence-electron chi connectivity index (χ1n) is 24.1. The van der Waals surface area contributed by atoms with E-state index < -0.39 is 0 Å². The Morgan fingerprint density at radius 2 is 0.549 bits per heavy atom. The third-order valence-corrected chi connectivity index (χ3v) is 15.2. The van der Waals surface area contributed by atoms with Crippen LogP contribution in [0, 0.1) is 0 Å². The molecular formula is C67H41N3S. The van der Waals surface area contributed by atoms with Gasteiger partial charge in [-0.2, -0.15) is 0 Å². The van der Waals surface area contributed by atoms with Crippen molar-refractivity contribution in [2.24, 2.45) is 0 Å². The Morgan fingerprint density at radius 3 is 1.10 bits per heavy atom. The van der Waals surface area contributed by atoms with Crippen molar-refractivity contribution < 1.29 is 0 Å². The molecule has 2 aromatic heterocycles. The number of aromatic nitrogens is 3. The Labute approximate surface area is 414 Å². The van der Waals surface area contributed by atoms with Crippen molar-refractivity contribution >= 4 is 74.6 Å². The van der Waals surface area contributed by atoms with Crippen molar-refractivity contribution in [3.8, 4) is 78.7 Å². The van der Waals surface area contributed by atoms with E-state index in [0.717, 1.165) is 27.5 Å². The molecule has 14 aromatic rings. The minimum absolute atomic E-state index is 0.652. The average molecular weight is 920 g/mol. The highest BCUT2D eigenvalue weighted by Gasteiger charge is 2.17. The molecule has 0 bridgehead atoms. The summed E-state index contributed by atoms with van der Waals surface area (Å²) in [6.07, 6.45) is 0. The highest BCUT2D eigenvalue weighted by Crippen LogP contribution is 2.42. The van der Waals surface area contributed by atoms with E-state index >= 15 is 0 Å². The first-order valence-corrected chi connectivity index (χ1v) is 24.9. The number of hydrogen-bond donors (Lipinski definition) is 0. The maximum atomic E-state index is 5.08. The van der Waals surface area contributed by atoms with Crippen molar-refractivity contribution in [2.45, 2.75) is 0 Å². The molecule has 0 spiro atoms. The van der Waals surface area contributed by atoms with Gasteiger partial charge in [-0.3, -0.25) is 0 Å². The minimum atomic E-state index is 0.652. The summed E-state index contributed by atoms with van der Waals surface area (Å²) in [6, 6.07) is 89.7. The molecule has 0 fully saturated rings. The van der Waals surface area contributed by atoms with E-state index in [0.29, 0.717) is 17.5 Å². The zero-order valence-corrected chi connectivity index (χ0v) is 39.2. The molecule has 12 aromatic carbocycles. The summed E-state index contributed by atoms with van der Waals surface area (Å²) in [6.45, 7) is 0. The van der Waals surface area contributed by atoms with Crippen LogP contribution < -0.4 is 0 Å². The Bertz CT molecular complexity index is 4310. The molecule has 0 aliphatic heterocycles. The van der Waals surface area contributed by atoms with Crippen LogP contribution >= 0.6 is 11.3 Å². The van der Waals surface area contributed by atoms with Crippen molar-refractivity contribution in [2.75, 3.05) is 0 Å². The molecule has 0 atom stereocenters. The maximum Gasteiger partial charge on any atom is 0.164 e. The fraction of sp³-hybridized carbons (Fsp3) is 0. The van der Waals surface area contributed by atoms with Gasteiger partial charge in [0.25, 0.3) is 0 Å².